The molecule has 0 aliphatic rings. The van der Waals surface area contributed by atoms with E-state index in [-0.39, 0.29) is 23.9 Å². The van der Waals surface area contributed by atoms with E-state index in [4.69, 9.17) is 26.5 Å². The maximum Gasteiger partial charge on any atom is 0.336 e. The molecule has 0 saturated carbocycles. The summed E-state index contributed by atoms with van der Waals surface area (Å²) in [6.45, 7) is 4.90. The van der Waals surface area contributed by atoms with Crippen LogP contribution in [-0.2, 0) is 9.59 Å². The van der Waals surface area contributed by atoms with Gasteiger partial charge >= 0.3 is 5.63 Å². The van der Waals surface area contributed by atoms with Crippen LogP contribution in [0.2, 0.25) is 5.02 Å². The Morgan fingerprint density at radius 2 is 1.89 bits per heavy atom. The predicted octanol–water partition coefficient (Wildman–Crippen LogP) is 2.99. The highest BCUT2D eigenvalue weighted by Crippen LogP contribution is 2.35. The number of nitrogens with zero attached hydrogens (tertiary/aromatic N) is 2. The first-order valence-electron chi connectivity index (χ1n) is 11.6. The average Bonchev–Trinajstić information content (AvgIpc) is 2.81. The minimum Gasteiger partial charge on any atom is -0.481 e. The van der Waals surface area contributed by atoms with Crippen LogP contribution in [0.15, 0.2) is 51.7 Å². The zero-order valence-electron chi connectivity index (χ0n) is 20.8. The second kappa shape index (κ2) is 11.9. The molecule has 0 aliphatic heterocycles. The first-order chi connectivity index (χ1) is 17.1. The lowest BCUT2D eigenvalue weighted by molar-refractivity contribution is -0.141. The van der Waals surface area contributed by atoms with E-state index < -0.39 is 11.7 Å². The molecule has 10 heteroatoms. The number of carbonyl (C=O) groups is 2. The van der Waals surface area contributed by atoms with Gasteiger partial charge in [0.15, 0.2) is 6.10 Å². The Morgan fingerprint density at radius 3 is 2.56 bits per heavy atom. The van der Waals surface area contributed by atoms with E-state index >= 15 is 0 Å². The Morgan fingerprint density at radius 1 is 1.14 bits per heavy atom. The second-order valence-corrected chi connectivity index (χ2v) is 9.05. The lowest BCUT2D eigenvalue weighted by atomic mass is 10.0. The fraction of sp³-hybridized carbons (Fsp3) is 0.346. The number of rotatable bonds is 10. The summed E-state index contributed by atoms with van der Waals surface area (Å²) in [4.78, 5) is 40.8. The van der Waals surface area contributed by atoms with E-state index in [0.717, 1.165) is 0 Å². The van der Waals surface area contributed by atoms with Crippen LogP contribution < -0.4 is 21.4 Å². The van der Waals surface area contributed by atoms with Crippen molar-refractivity contribution >= 4 is 40.1 Å². The number of hydrogen-bond donors (Lipinski definition) is 2. The molecular formula is C26H31ClN4O5. The summed E-state index contributed by atoms with van der Waals surface area (Å²) in [5.74, 6) is -0.219. The number of carbonyl (C=O) groups excluding carboxylic acids is 2. The summed E-state index contributed by atoms with van der Waals surface area (Å²) >= 11 is 6.36. The quantitative estimate of drug-likeness (QED) is 0.315. The number of halogens is 1. The van der Waals surface area contributed by atoms with Gasteiger partial charge in [-0.1, -0.05) is 17.7 Å². The van der Waals surface area contributed by atoms with Gasteiger partial charge in [-0.2, -0.15) is 0 Å². The molecule has 0 saturated heterocycles. The molecule has 2 amide bonds. The number of amides is 2. The number of nitrogens with two attached hydrogens (primary N) is 1. The third-order valence-electron chi connectivity index (χ3n) is 5.57. The van der Waals surface area contributed by atoms with E-state index in [1.54, 1.807) is 50.2 Å². The van der Waals surface area contributed by atoms with Crippen LogP contribution in [0.25, 0.3) is 22.1 Å². The van der Waals surface area contributed by atoms with Gasteiger partial charge in [0.1, 0.15) is 11.3 Å². The number of anilines is 1. The Hall–Kier alpha value is -3.56. The molecule has 9 nitrogen and oxygen atoms in total. The summed E-state index contributed by atoms with van der Waals surface area (Å²) < 4.78 is 11.2. The first kappa shape index (κ1) is 27.0. The largest absolute Gasteiger partial charge is 0.481 e. The number of nitrogen functional groups attached to an aromatic ring is 1. The van der Waals surface area contributed by atoms with Gasteiger partial charge in [-0.3, -0.25) is 9.59 Å². The number of ether oxygens (including phenoxy) is 1. The number of fused-ring (bicyclic) bond motifs is 1. The molecule has 0 fully saturated rings. The topological polar surface area (TPSA) is 118 Å². The highest BCUT2D eigenvalue weighted by atomic mass is 35.5. The minimum atomic E-state index is -0.863. The fourth-order valence-corrected chi connectivity index (χ4v) is 3.99. The molecule has 3 rings (SSSR count). The molecule has 192 valence electrons. The van der Waals surface area contributed by atoms with Gasteiger partial charge in [0.25, 0.3) is 5.91 Å². The van der Waals surface area contributed by atoms with Crippen molar-refractivity contribution in [3.8, 4) is 16.9 Å². The van der Waals surface area contributed by atoms with Gasteiger partial charge in [0, 0.05) is 54.0 Å². The lowest BCUT2D eigenvalue weighted by Crippen LogP contribution is -2.46. The molecule has 1 atom stereocenters. The van der Waals surface area contributed by atoms with Crippen molar-refractivity contribution in [3.05, 3.63) is 57.9 Å². The van der Waals surface area contributed by atoms with Crippen LogP contribution in [-0.4, -0.2) is 68.0 Å². The molecule has 0 spiro atoms. The van der Waals surface area contributed by atoms with Gasteiger partial charge in [-0.05, 0) is 52.2 Å². The van der Waals surface area contributed by atoms with Gasteiger partial charge in [0.05, 0.1) is 11.6 Å². The van der Waals surface area contributed by atoms with E-state index in [9.17, 15) is 14.4 Å². The zero-order chi connectivity index (χ0) is 26.4. The maximum atomic E-state index is 12.9. The van der Waals surface area contributed by atoms with E-state index in [1.807, 2.05) is 19.0 Å². The lowest BCUT2D eigenvalue weighted by Gasteiger charge is -2.24. The zero-order valence-corrected chi connectivity index (χ0v) is 21.6. The third-order valence-corrected chi connectivity index (χ3v) is 5.88. The highest BCUT2D eigenvalue weighted by Gasteiger charge is 2.23. The summed E-state index contributed by atoms with van der Waals surface area (Å²) in [6, 6.07) is 11.4. The van der Waals surface area contributed by atoms with Gasteiger partial charge < -0.3 is 30.0 Å². The third kappa shape index (κ3) is 6.77. The second-order valence-electron chi connectivity index (χ2n) is 8.64. The Balaban J connectivity index is 1.77. The molecule has 0 unspecified atom stereocenters. The Kier molecular flexibility index (Phi) is 8.95. The molecule has 1 heterocycles. The van der Waals surface area contributed by atoms with Crippen molar-refractivity contribution in [2.45, 2.75) is 20.0 Å². The maximum absolute atomic E-state index is 12.9. The Labute approximate surface area is 214 Å². The molecule has 0 bridgehead atoms. The van der Waals surface area contributed by atoms with Crippen molar-refractivity contribution in [2.24, 2.45) is 0 Å². The number of benzene rings is 2. The van der Waals surface area contributed by atoms with Gasteiger partial charge in [-0.15, -0.1) is 0 Å². The molecule has 3 aromatic rings. The SMILES string of the molecule is CCN(CC(=O)NCCN(C)C)C(=O)[C@@H](C)Oc1ccc2c(-c3ccc(N)cc3Cl)cc(=O)oc2c1. The van der Waals surface area contributed by atoms with Crippen molar-refractivity contribution in [1.29, 1.82) is 0 Å². The normalized spacial score (nSPS) is 11.9. The molecule has 2 aromatic carbocycles. The van der Waals surface area contributed by atoms with Crippen LogP contribution in [0, 0.1) is 0 Å². The highest BCUT2D eigenvalue weighted by molar-refractivity contribution is 6.34. The monoisotopic (exact) mass is 514 g/mol. The summed E-state index contributed by atoms with van der Waals surface area (Å²) in [5.41, 5.74) is 7.28. The van der Waals surface area contributed by atoms with Crippen molar-refractivity contribution in [1.82, 2.24) is 15.1 Å². The molecule has 36 heavy (non-hydrogen) atoms. The number of hydrogen-bond acceptors (Lipinski definition) is 7. The van der Waals surface area contributed by atoms with E-state index in [0.29, 0.717) is 52.6 Å². The minimum absolute atomic E-state index is 0.0607. The number of likely N-dealkylation sites (N-methyl/N-ethyl adjacent to an activating group) is 2. The molecule has 0 aliphatic carbocycles. The molecular weight excluding hydrogens is 484 g/mol. The standard InChI is InChI=1S/C26H31ClN4O5/c1-5-31(15-24(32)29-10-11-30(3)4)26(34)16(2)35-18-7-9-20-21(14-25(33)36-23(20)13-18)19-8-6-17(28)12-22(19)27/h6-9,12-14,16H,5,10-11,15,28H2,1-4H3,(H,29,32)/t16-/m1/s1. The Bertz CT molecular complexity index is 1310. The predicted molar refractivity (Wildman–Crippen MR) is 141 cm³/mol. The molecule has 0 radical (unpaired) electrons. The van der Waals surface area contributed by atoms with Crippen molar-refractivity contribution < 1.29 is 18.7 Å². The average molecular weight is 515 g/mol. The van der Waals surface area contributed by atoms with Crippen LogP contribution in [0.3, 0.4) is 0 Å². The first-order valence-corrected chi connectivity index (χ1v) is 12.0. The smallest absolute Gasteiger partial charge is 0.336 e. The van der Waals surface area contributed by atoms with Crippen LogP contribution in [0.4, 0.5) is 5.69 Å². The van der Waals surface area contributed by atoms with Crippen molar-refractivity contribution in [2.75, 3.05) is 46.0 Å². The van der Waals surface area contributed by atoms with E-state index in [1.165, 1.54) is 11.0 Å². The van der Waals surface area contributed by atoms with Gasteiger partial charge in [0.2, 0.25) is 5.91 Å². The molecule has 3 N–H and O–H groups in total. The molecule has 1 aromatic heterocycles. The van der Waals surface area contributed by atoms with Crippen LogP contribution in [0.1, 0.15) is 13.8 Å². The van der Waals surface area contributed by atoms with Crippen LogP contribution in [0.5, 0.6) is 5.75 Å². The van der Waals surface area contributed by atoms with Gasteiger partial charge in [-0.25, -0.2) is 4.79 Å². The van der Waals surface area contributed by atoms with Crippen LogP contribution >= 0.6 is 11.6 Å². The van der Waals surface area contributed by atoms with Crippen molar-refractivity contribution in [3.63, 3.8) is 0 Å². The van der Waals surface area contributed by atoms with E-state index in [2.05, 4.69) is 5.32 Å². The summed E-state index contributed by atoms with van der Waals surface area (Å²) in [5, 5.41) is 3.86. The fourth-order valence-electron chi connectivity index (χ4n) is 3.69. The summed E-state index contributed by atoms with van der Waals surface area (Å²) in [6.07, 6.45) is -0.863. The number of nitrogens with one attached hydrogen (secondary N) is 1. The summed E-state index contributed by atoms with van der Waals surface area (Å²) in [7, 11) is 3.83.